The van der Waals surface area contributed by atoms with Crippen LogP contribution < -0.4 is 0 Å². The maximum Gasteiger partial charge on any atom is 0.0576 e. The van der Waals surface area contributed by atoms with Gasteiger partial charge >= 0.3 is 0 Å². The Labute approximate surface area is 64.6 Å². The van der Waals surface area contributed by atoms with Gasteiger partial charge in [-0.15, -0.1) is 0 Å². The van der Waals surface area contributed by atoms with Crippen molar-refractivity contribution >= 4 is 15.9 Å². The lowest BCUT2D eigenvalue weighted by Crippen LogP contribution is -2.25. The molecule has 54 valence electrons. The topological polar surface area (TPSA) is 20.2 Å². The summed E-state index contributed by atoms with van der Waals surface area (Å²) in [6, 6.07) is 0. The maximum atomic E-state index is 9.34. The van der Waals surface area contributed by atoms with Crippen LogP contribution in [0.5, 0.6) is 0 Å². The van der Waals surface area contributed by atoms with Crippen molar-refractivity contribution in [3.05, 3.63) is 0 Å². The minimum Gasteiger partial charge on any atom is -0.393 e. The summed E-state index contributed by atoms with van der Waals surface area (Å²) in [5.74, 6) is 0.527. The number of alkyl halides is 1. The number of aliphatic hydroxyl groups excluding tert-OH is 1. The van der Waals surface area contributed by atoms with Crippen molar-refractivity contribution in [3.8, 4) is 0 Å². The molecule has 1 fully saturated rings. The van der Waals surface area contributed by atoms with Gasteiger partial charge in [-0.05, 0) is 18.8 Å². The fourth-order valence-corrected chi connectivity index (χ4v) is 2.12. The first-order chi connectivity index (χ1) is 4.34. The molecule has 0 spiro atoms. The summed E-state index contributed by atoms with van der Waals surface area (Å²) in [7, 11) is 0. The van der Waals surface area contributed by atoms with Crippen molar-refractivity contribution in [1.29, 1.82) is 0 Å². The first kappa shape index (κ1) is 7.55. The lowest BCUT2D eigenvalue weighted by Gasteiger charge is -2.25. The van der Waals surface area contributed by atoms with Crippen LogP contribution in [0.1, 0.15) is 25.7 Å². The van der Waals surface area contributed by atoms with Gasteiger partial charge < -0.3 is 5.11 Å². The lowest BCUT2D eigenvalue weighted by molar-refractivity contribution is 0.0822. The molecule has 0 amide bonds. The van der Waals surface area contributed by atoms with Gasteiger partial charge in [0, 0.05) is 5.33 Å². The van der Waals surface area contributed by atoms with Crippen molar-refractivity contribution in [2.45, 2.75) is 31.8 Å². The Balaban J connectivity index is 2.30. The number of aliphatic hydroxyl groups is 1. The Morgan fingerprint density at radius 2 is 2.00 bits per heavy atom. The first-order valence-electron chi connectivity index (χ1n) is 3.58. The van der Waals surface area contributed by atoms with E-state index in [9.17, 15) is 5.11 Å². The van der Waals surface area contributed by atoms with Gasteiger partial charge in [0.25, 0.3) is 0 Å². The summed E-state index contributed by atoms with van der Waals surface area (Å²) in [5.41, 5.74) is 0. The van der Waals surface area contributed by atoms with E-state index in [0.717, 1.165) is 11.8 Å². The van der Waals surface area contributed by atoms with E-state index in [1.54, 1.807) is 0 Å². The molecule has 1 saturated carbocycles. The predicted molar refractivity (Wildman–Crippen MR) is 41.8 cm³/mol. The number of hydrogen-bond acceptors (Lipinski definition) is 1. The molecule has 2 unspecified atom stereocenters. The van der Waals surface area contributed by atoms with Crippen LogP contribution in [0.2, 0.25) is 0 Å². The van der Waals surface area contributed by atoms with Crippen LogP contribution in [0.15, 0.2) is 0 Å². The molecular weight excluding hydrogens is 180 g/mol. The Morgan fingerprint density at radius 1 is 1.33 bits per heavy atom. The molecule has 2 atom stereocenters. The van der Waals surface area contributed by atoms with Gasteiger partial charge in [0.05, 0.1) is 6.10 Å². The second-order valence-corrected chi connectivity index (χ2v) is 3.41. The normalized spacial score (nSPS) is 36.7. The molecule has 1 rings (SSSR count). The highest BCUT2D eigenvalue weighted by Crippen LogP contribution is 2.25. The van der Waals surface area contributed by atoms with Gasteiger partial charge in [0.2, 0.25) is 0 Å². The molecule has 0 bridgehead atoms. The lowest BCUT2D eigenvalue weighted by atomic mass is 9.88. The highest BCUT2D eigenvalue weighted by Gasteiger charge is 2.20. The fourth-order valence-electron chi connectivity index (χ4n) is 1.37. The van der Waals surface area contributed by atoms with E-state index in [1.165, 1.54) is 19.3 Å². The minimum atomic E-state index is -0.0295. The van der Waals surface area contributed by atoms with Crippen LogP contribution in [0.4, 0.5) is 0 Å². The average Bonchev–Trinajstić information content (AvgIpc) is 1.89. The summed E-state index contributed by atoms with van der Waals surface area (Å²) >= 11 is 3.39. The van der Waals surface area contributed by atoms with Crippen LogP contribution in [0.3, 0.4) is 0 Å². The van der Waals surface area contributed by atoms with Crippen molar-refractivity contribution in [2.75, 3.05) is 5.33 Å². The quantitative estimate of drug-likeness (QED) is 0.631. The molecule has 1 nitrogen and oxygen atoms in total. The van der Waals surface area contributed by atoms with Gasteiger partial charge in [-0.1, -0.05) is 28.8 Å². The van der Waals surface area contributed by atoms with Crippen LogP contribution in [-0.4, -0.2) is 16.5 Å². The Bertz CT molecular complexity index is 85.0. The highest BCUT2D eigenvalue weighted by molar-refractivity contribution is 9.09. The summed E-state index contributed by atoms with van der Waals surface area (Å²) in [4.78, 5) is 0. The Morgan fingerprint density at radius 3 is 2.44 bits per heavy atom. The molecule has 2 heteroatoms. The number of halogens is 1. The zero-order chi connectivity index (χ0) is 6.69. The van der Waals surface area contributed by atoms with Crippen molar-refractivity contribution in [2.24, 2.45) is 5.92 Å². The predicted octanol–water partition coefficient (Wildman–Crippen LogP) is 1.93. The number of rotatable bonds is 1. The van der Waals surface area contributed by atoms with Crippen LogP contribution in [0, 0.1) is 5.92 Å². The second kappa shape index (κ2) is 3.57. The second-order valence-electron chi connectivity index (χ2n) is 2.77. The Hall–Kier alpha value is 0.440. The fraction of sp³-hybridized carbons (Fsp3) is 1.00. The summed E-state index contributed by atoms with van der Waals surface area (Å²) in [6.07, 6.45) is 4.69. The molecule has 0 aliphatic heterocycles. The molecule has 0 saturated heterocycles. The molecular formula is C7H13BrO. The average molecular weight is 193 g/mol. The van der Waals surface area contributed by atoms with E-state index in [1.807, 2.05) is 0 Å². The third-order valence-corrected chi connectivity index (χ3v) is 2.90. The number of hydrogen-bond donors (Lipinski definition) is 1. The monoisotopic (exact) mass is 192 g/mol. The van der Waals surface area contributed by atoms with Gasteiger partial charge in [0.1, 0.15) is 0 Å². The molecule has 0 aromatic carbocycles. The zero-order valence-corrected chi connectivity index (χ0v) is 7.10. The molecule has 0 radical (unpaired) electrons. The van der Waals surface area contributed by atoms with Gasteiger partial charge in [-0.3, -0.25) is 0 Å². The first-order valence-corrected chi connectivity index (χ1v) is 4.71. The SMILES string of the molecule is OC1CCCCC1CBr. The van der Waals surface area contributed by atoms with Crippen molar-refractivity contribution in [1.82, 2.24) is 0 Å². The standard InChI is InChI=1S/C7H13BrO/c8-5-6-3-1-2-4-7(6)9/h6-7,9H,1-5H2. The van der Waals surface area contributed by atoms with Crippen LogP contribution in [0.25, 0.3) is 0 Å². The van der Waals surface area contributed by atoms with Gasteiger partial charge in [-0.25, -0.2) is 0 Å². The zero-order valence-electron chi connectivity index (χ0n) is 5.52. The summed E-state index contributed by atoms with van der Waals surface area (Å²) in [6.45, 7) is 0. The maximum absolute atomic E-state index is 9.34. The molecule has 1 N–H and O–H groups in total. The molecule has 1 aliphatic rings. The third kappa shape index (κ3) is 1.94. The van der Waals surface area contributed by atoms with E-state index >= 15 is 0 Å². The summed E-state index contributed by atoms with van der Waals surface area (Å²) in [5, 5.41) is 10.3. The molecule has 0 heterocycles. The summed E-state index contributed by atoms with van der Waals surface area (Å²) < 4.78 is 0. The van der Waals surface area contributed by atoms with Gasteiger partial charge in [-0.2, -0.15) is 0 Å². The van der Waals surface area contributed by atoms with E-state index in [-0.39, 0.29) is 6.10 Å². The highest BCUT2D eigenvalue weighted by atomic mass is 79.9. The van der Waals surface area contributed by atoms with E-state index in [2.05, 4.69) is 15.9 Å². The van der Waals surface area contributed by atoms with E-state index in [4.69, 9.17) is 0 Å². The Kier molecular flexibility index (Phi) is 2.99. The molecule has 0 aromatic rings. The molecule has 9 heavy (non-hydrogen) atoms. The van der Waals surface area contributed by atoms with Crippen LogP contribution >= 0.6 is 15.9 Å². The van der Waals surface area contributed by atoms with E-state index in [0.29, 0.717) is 5.92 Å². The third-order valence-electron chi connectivity index (χ3n) is 2.07. The van der Waals surface area contributed by atoms with Gasteiger partial charge in [0.15, 0.2) is 0 Å². The van der Waals surface area contributed by atoms with Crippen molar-refractivity contribution < 1.29 is 5.11 Å². The minimum absolute atomic E-state index is 0.0295. The van der Waals surface area contributed by atoms with Crippen LogP contribution in [-0.2, 0) is 0 Å². The molecule has 1 aliphatic carbocycles. The largest absolute Gasteiger partial charge is 0.393 e. The smallest absolute Gasteiger partial charge is 0.0576 e. The van der Waals surface area contributed by atoms with E-state index < -0.39 is 0 Å². The molecule has 0 aromatic heterocycles. The van der Waals surface area contributed by atoms with Crippen molar-refractivity contribution in [3.63, 3.8) is 0 Å².